The van der Waals surface area contributed by atoms with Crippen LogP contribution in [0.1, 0.15) is 25.8 Å². The van der Waals surface area contributed by atoms with E-state index in [2.05, 4.69) is 0 Å². The van der Waals surface area contributed by atoms with E-state index in [1.165, 1.54) is 0 Å². The van der Waals surface area contributed by atoms with E-state index in [9.17, 15) is 5.11 Å². The molecule has 0 aliphatic rings. The van der Waals surface area contributed by atoms with Crippen LogP contribution in [-0.4, -0.2) is 49.2 Å². The number of ether oxygens (including phenoxy) is 2. The highest BCUT2D eigenvalue weighted by molar-refractivity contribution is 5.55. The second-order valence-corrected chi connectivity index (χ2v) is 5.20. The summed E-state index contributed by atoms with van der Waals surface area (Å²) in [5.74, 6) is 1.26. The Morgan fingerprint density at radius 1 is 1.32 bits per heavy atom. The number of aliphatic hydroxyl groups excluding tert-OH is 2. The van der Waals surface area contributed by atoms with Crippen LogP contribution < -0.4 is 14.8 Å². The van der Waals surface area contributed by atoms with Gasteiger partial charge in [-0.3, -0.25) is 0 Å². The van der Waals surface area contributed by atoms with Crippen LogP contribution in [0.4, 0.5) is 0 Å². The van der Waals surface area contributed by atoms with Crippen LogP contribution >= 0.6 is 0 Å². The molecule has 4 N–H and O–H groups in total. The molecule has 0 aliphatic heterocycles. The van der Waals surface area contributed by atoms with Gasteiger partial charge in [-0.1, -0.05) is 25.1 Å². The molecule has 1 aromatic carbocycles. The predicted octanol–water partition coefficient (Wildman–Crippen LogP) is 0.802. The maximum absolute atomic E-state index is 9.96. The Kier molecular flexibility index (Phi) is 8.58. The van der Waals surface area contributed by atoms with Gasteiger partial charge in [0.25, 0.3) is 0 Å². The highest BCUT2D eigenvalue weighted by Crippen LogP contribution is 2.28. The zero-order valence-corrected chi connectivity index (χ0v) is 13.7. The van der Waals surface area contributed by atoms with Gasteiger partial charge in [-0.15, -0.1) is 0 Å². The number of quaternary nitrogens is 1. The largest absolute Gasteiger partial charge is 0.493 e. The van der Waals surface area contributed by atoms with Gasteiger partial charge in [0.05, 0.1) is 13.7 Å². The molecule has 0 aromatic heterocycles. The number of hydrogen-bond donors (Lipinski definition) is 3. The van der Waals surface area contributed by atoms with Crippen LogP contribution in [-0.2, 0) is 0 Å². The molecule has 0 heterocycles. The molecule has 22 heavy (non-hydrogen) atoms. The summed E-state index contributed by atoms with van der Waals surface area (Å²) in [4.78, 5) is 0. The highest BCUT2D eigenvalue weighted by Gasteiger charge is 2.14. The molecule has 0 amide bonds. The molecule has 0 unspecified atom stereocenters. The molecule has 0 aliphatic carbocycles. The summed E-state index contributed by atoms with van der Waals surface area (Å²) in [6.07, 6.45) is 4.21. The molecule has 0 saturated heterocycles. The molecule has 5 nitrogen and oxygen atoms in total. The maximum atomic E-state index is 9.96. The van der Waals surface area contributed by atoms with E-state index in [0.29, 0.717) is 18.0 Å². The first-order valence-corrected chi connectivity index (χ1v) is 7.70. The second kappa shape index (κ2) is 10.2. The van der Waals surface area contributed by atoms with Gasteiger partial charge in [0.2, 0.25) is 0 Å². The number of allylic oxidation sites excluding steroid dienone is 1. The van der Waals surface area contributed by atoms with Crippen molar-refractivity contribution in [1.29, 1.82) is 0 Å². The van der Waals surface area contributed by atoms with E-state index >= 15 is 0 Å². The lowest BCUT2D eigenvalue weighted by atomic mass is 10.2. The van der Waals surface area contributed by atoms with Crippen LogP contribution in [0.2, 0.25) is 0 Å². The number of hydrogen-bond acceptors (Lipinski definition) is 4. The first-order valence-electron chi connectivity index (χ1n) is 7.70. The van der Waals surface area contributed by atoms with Crippen LogP contribution in [0, 0.1) is 0 Å². The Bertz CT molecular complexity index is 458. The van der Waals surface area contributed by atoms with Crippen molar-refractivity contribution >= 4 is 6.08 Å². The predicted molar refractivity (Wildman–Crippen MR) is 87.2 cm³/mol. The number of aliphatic hydroxyl groups is 2. The lowest BCUT2D eigenvalue weighted by Crippen LogP contribution is -2.92. The highest BCUT2D eigenvalue weighted by atomic mass is 16.5. The van der Waals surface area contributed by atoms with Gasteiger partial charge in [-0.2, -0.15) is 0 Å². The summed E-state index contributed by atoms with van der Waals surface area (Å²) in [6, 6.07) is 5.80. The average Bonchev–Trinajstić information content (AvgIpc) is 2.54. The zero-order valence-electron chi connectivity index (χ0n) is 13.7. The zero-order chi connectivity index (χ0) is 16.4. The molecule has 5 heteroatoms. The third kappa shape index (κ3) is 6.05. The van der Waals surface area contributed by atoms with E-state index in [4.69, 9.17) is 14.6 Å². The molecule has 124 valence electrons. The van der Waals surface area contributed by atoms with Crippen molar-refractivity contribution < 1.29 is 25.0 Å². The van der Waals surface area contributed by atoms with Gasteiger partial charge in [0, 0.05) is 0 Å². The summed E-state index contributed by atoms with van der Waals surface area (Å²) < 4.78 is 11.0. The van der Waals surface area contributed by atoms with Crippen molar-refractivity contribution in [3.63, 3.8) is 0 Å². The number of rotatable bonds is 10. The number of nitrogens with two attached hydrogens (primary N) is 1. The van der Waals surface area contributed by atoms with E-state index in [-0.39, 0.29) is 19.3 Å². The fourth-order valence-electron chi connectivity index (χ4n) is 2.07. The lowest BCUT2D eigenvalue weighted by Gasteiger charge is -2.16. The van der Waals surface area contributed by atoms with E-state index in [0.717, 1.165) is 12.0 Å². The van der Waals surface area contributed by atoms with Crippen LogP contribution in [0.5, 0.6) is 11.5 Å². The third-order valence-corrected chi connectivity index (χ3v) is 3.48. The normalized spacial score (nSPS) is 14.0. The Morgan fingerprint density at radius 3 is 2.68 bits per heavy atom. The standard InChI is InChI=1S/C17H27NO4/c1-4-6-13-7-8-16(17(9-13)21-3)22-12-15(20)10-18-14(5-2)11-19/h4,6-9,14-15,18-20H,5,10-12H2,1-3H3/p+1/b6-4+/t14-,15-/m0/s1. The molecule has 0 bridgehead atoms. The molecule has 2 atom stereocenters. The van der Waals surface area contributed by atoms with Crippen molar-refractivity contribution in [2.75, 3.05) is 26.9 Å². The topological polar surface area (TPSA) is 75.5 Å². The fourth-order valence-corrected chi connectivity index (χ4v) is 2.07. The van der Waals surface area contributed by atoms with Gasteiger partial charge in [-0.25, -0.2) is 0 Å². The Balaban J connectivity index is 2.52. The summed E-state index contributed by atoms with van der Waals surface area (Å²) in [5, 5.41) is 21.0. The smallest absolute Gasteiger partial charge is 0.161 e. The van der Waals surface area contributed by atoms with Gasteiger partial charge in [0.1, 0.15) is 25.3 Å². The minimum Gasteiger partial charge on any atom is -0.493 e. The van der Waals surface area contributed by atoms with Gasteiger partial charge < -0.3 is 25.0 Å². The van der Waals surface area contributed by atoms with E-state index < -0.39 is 6.10 Å². The number of methoxy groups -OCH3 is 1. The molecule has 0 fully saturated rings. The van der Waals surface area contributed by atoms with Crippen LogP contribution in [0.15, 0.2) is 24.3 Å². The fraction of sp³-hybridized carbons (Fsp3) is 0.529. The molecular formula is C17H28NO4+. The van der Waals surface area contributed by atoms with Crippen molar-refractivity contribution in [2.24, 2.45) is 0 Å². The van der Waals surface area contributed by atoms with E-state index in [1.807, 2.05) is 49.5 Å². The Hall–Kier alpha value is -1.56. The third-order valence-electron chi connectivity index (χ3n) is 3.48. The van der Waals surface area contributed by atoms with Gasteiger partial charge in [-0.05, 0) is 31.0 Å². The van der Waals surface area contributed by atoms with Crippen LogP contribution in [0.3, 0.4) is 0 Å². The quantitative estimate of drug-likeness (QED) is 0.597. The minimum atomic E-state index is -0.597. The van der Waals surface area contributed by atoms with Crippen molar-refractivity contribution in [2.45, 2.75) is 32.4 Å². The summed E-state index contributed by atoms with van der Waals surface area (Å²) in [7, 11) is 1.60. The molecule has 1 aromatic rings. The molecule has 0 saturated carbocycles. The SMILES string of the molecule is C/C=C/c1ccc(OC[C@@H](O)C[NH2+][C@@H](CC)CO)c(OC)c1. The number of benzene rings is 1. The summed E-state index contributed by atoms with van der Waals surface area (Å²) >= 11 is 0. The average molecular weight is 310 g/mol. The first-order chi connectivity index (χ1) is 10.6. The molecule has 0 radical (unpaired) electrons. The van der Waals surface area contributed by atoms with Crippen molar-refractivity contribution in [3.05, 3.63) is 29.8 Å². The summed E-state index contributed by atoms with van der Waals surface area (Å²) in [6.45, 7) is 4.77. The lowest BCUT2D eigenvalue weighted by molar-refractivity contribution is -0.696. The molecular weight excluding hydrogens is 282 g/mol. The van der Waals surface area contributed by atoms with Gasteiger partial charge in [0.15, 0.2) is 11.5 Å². The summed E-state index contributed by atoms with van der Waals surface area (Å²) in [5.41, 5.74) is 1.04. The minimum absolute atomic E-state index is 0.115. The molecule has 0 spiro atoms. The first kappa shape index (κ1) is 18.5. The van der Waals surface area contributed by atoms with Crippen LogP contribution in [0.25, 0.3) is 6.08 Å². The molecule has 1 rings (SSSR count). The van der Waals surface area contributed by atoms with Crippen molar-refractivity contribution in [3.8, 4) is 11.5 Å². The van der Waals surface area contributed by atoms with Gasteiger partial charge >= 0.3 is 0 Å². The Labute approximate surface area is 132 Å². The Morgan fingerprint density at radius 2 is 2.09 bits per heavy atom. The second-order valence-electron chi connectivity index (χ2n) is 5.20. The van der Waals surface area contributed by atoms with E-state index in [1.54, 1.807) is 7.11 Å². The maximum Gasteiger partial charge on any atom is 0.161 e. The monoisotopic (exact) mass is 310 g/mol. The van der Waals surface area contributed by atoms with Crippen molar-refractivity contribution in [1.82, 2.24) is 0 Å².